The molecule has 6 heteroatoms. The van der Waals surface area contributed by atoms with Gasteiger partial charge < -0.3 is 4.90 Å². The van der Waals surface area contributed by atoms with Crippen molar-refractivity contribution in [1.29, 1.82) is 0 Å². The first-order chi connectivity index (χ1) is 9.56. The summed E-state index contributed by atoms with van der Waals surface area (Å²) in [6, 6.07) is 0.120. The number of amides is 1. The molecule has 20 heavy (non-hydrogen) atoms. The zero-order valence-corrected chi connectivity index (χ0v) is 12.7. The molecule has 2 saturated carbocycles. The molecule has 1 saturated heterocycles. The molecule has 3 fully saturated rings. The molecule has 5 nitrogen and oxygen atoms in total. The van der Waals surface area contributed by atoms with E-state index in [9.17, 15) is 13.2 Å². The zero-order chi connectivity index (χ0) is 14.2. The number of piperidine rings is 1. The topological polar surface area (TPSA) is 66.5 Å². The second-order valence-electron chi connectivity index (χ2n) is 6.47. The Morgan fingerprint density at radius 1 is 1.00 bits per heavy atom. The van der Waals surface area contributed by atoms with Crippen LogP contribution in [0.1, 0.15) is 51.4 Å². The molecule has 0 spiro atoms. The summed E-state index contributed by atoms with van der Waals surface area (Å²) in [5, 5.41) is -0.417. The third-order valence-electron chi connectivity index (χ3n) is 4.74. The smallest absolute Gasteiger partial charge is 0.225 e. The Hall–Kier alpha value is -0.620. The van der Waals surface area contributed by atoms with Crippen LogP contribution >= 0.6 is 0 Å². The van der Waals surface area contributed by atoms with Crippen LogP contribution in [0.15, 0.2) is 0 Å². The van der Waals surface area contributed by atoms with Gasteiger partial charge in [0, 0.05) is 25.0 Å². The summed E-state index contributed by atoms with van der Waals surface area (Å²) < 4.78 is 27.8. The van der Waals surface area contributed by atoms with E-state index >= 15 is 0 Å². The van der Waals surface area contributed by atoms with Gasteiger partial charge >= 0.3 is 0 Å². The normalized spacial score (nSPS) is 28.8. The monoisotopic (exact) mass is 300 g/mol. The SMILES string of the molecule is O=C(C1CC1)N1CCC[C@@H](S(=O)(=O)NC2CCCC2)C1. The lowest BCUT2D eigenvalue weighted by Gasteiger charge is -2.33. The summed E-state index contributed by atoms with van der Waals surface area (Å²) in [5.74, 6) is 0.352. The molecule has 1 amide bonds. The van der Waals surface area contributed by atoms with Crippen molar-refractivity contribution in [2.45, 2.75) is 62.7 Å². The van der Waals surface area contributed by atoms with Gasteiger partial charge in [-0.25, -0.2) is 13.1 Å². The number of hydrogen-bond donors (Lipinski definition) is 1. The summed E-state index contributed by atoms with van der Waals surface area (Å²) in [6.07, 6.45) is 7.58. The largest absolute Gasteiger partial charge is 0.341 e. The maximum atomic E-state index is 12.4. The number of nitrogens with zero attached hydrogens (tertiary/aromatic N) is 1. The highest BCUT2D eigenvalue weighted by atomic mass is 32.2. The third-order valence-corrected chi connectivity index (χ3v) is 6.67. The fraction of sp³-hybridized carbons (Fsp3) is 0.929. The number of nitrogens with one attached hydrogen (secondary N) is 1. The van der Waals surface area contributed by atoms with Crippen molar-refractivity contribution in [3.05, 3.63) is 0 Å². The molecule has 3 aliphatic rings. The number of likely N-dealkylation sites (tertiary alicyclic amines) is 1. The maximum absolute atomic E-state index is 12.4. The van der Waals surface area contributed by atoms with E-state index in [1.165, 1.54) is 0 Å². The summed E-state index contributed by atoms with van der Waals surface area (Å²) in [7, 11) is -3.28. The Morgan fingerprint density at radius 2 is 1.70 bits per heavy atom. The van der Waals surface area contributed by atoms with Crippen molar-refractivity contribution in [1.82, 2.24) is 9.62 Å². The van der Waals surface area contributed by atoms with Crippen molar-refractivity contribution >= 4 is 15.9 Å². The van der Waals surface area contributed by atoms with E-state index in [4.69, 9.17) is 0 Å². The van der Waals surface area contributed by atoms with Gasteiger partial charge in [-0.2, -0.15) is 0 Å². The van der Waals surface area contributed by atoms with Gasteiger partial charge in [-0.3, -0.25) is 4.79 Å². The lowest BCUT2D eigenvalue weighted by atomic mass is 10.1. The average molecular weight is 300 g/mol. The highest BCUT2D eigenvalue weighted by Crippen LogP contribution is 2.32. The number of sulfonamides is 1. The highest BCUT2D eigenvalue weighted by molar-refractivity contribution is 7.90. The molecular formula is C14H24N2O3S. The van der Waals surface area contributed by atoms with Crippen LogP contribution in [0.3, 0.4) is 0 Å². The van der Waals surface area contributed by atoms with Crippen LogP contribution in [0.2, 0.25) is 0 Å². The van der Waals surface area contributed by atoms with E-state index < -0.39 is 15.3 Å². The Bertz CT molecular complexity index is 467. The standard InChI is InChI=1S/C14H24N2O3S/c17-14(11-7-8-11)16-9-3-6-13(10-16)20(18,19)15-12-4-1-2-5-12/h11-13,15H,1-10H2/t13-/m1/s1. The van der Waals surface area contributed by atoms with Crippen LogP contribution < -0.4 is 4.72 Å². The molecule has 0 aromatic rings. The van der Waals surface area contributed by atoms with Crippen LogP contribution in [0.25, 0.3) is 0 Å². The van der Waals surface area contributed by atoms with E-state index in [2.05, 4.69) is 4.72 Å². The van der Waals surface area contributed by atoms with E-state index in [1.54, 1.807) is 4.90 Å². The summed E-state index contributed by atoms with van der Waals surface area (Å²) in [5.41, 5.74) is 0. The molecular weight excluding hydrogens is 276 g/mol. The van der Waals surface area contributed by atoms with Gasteiger partial charge in [0.15, 0.2) is 0 Å². The molecule has 1 atom stereocenters. The molecule has 0 aromatic heterocycles. The third kappa shape index (κ3) is 3.17. The Morgan fingerprint density at radius 3 is 2.35 bits per heavy atom. The van der Waals surface area contributed by atoms with E-state index in [0.29, 0.717) is 13.0 Å². The first-order valence-electron chi connectivity index (χ1n) is 7.86. The Balaban J connectivity index is 1.61. The number of carbonyl (C=O) groups excluding carboxylic acids is 1. The molecule has 1 heterocycles. The minimum absolute atomic E-state index is 0.120. The van der Waals surface area contributed by atoms with Gasteiger partial charge in [0.25, 0.3) is 0 Å². The van der Waals surface area contributed by atoms with Crippen LogP contribution in [0, 0.1) is 5.92 Å². The number of rotatable bonds is 4. The summed E-state index contributed by atoms with van der Waals surface area (Å²) in [4.78, 5) is 13.9. The van der Waals surface area contributed by atoms with Gasteiger partial charge in [0.2, 0.25) is 15.9 Å². The molecule has 0 unspecified atom stereocenters. The van der Waals surface area contributed by atoms with Crippen LogP contribution in [-0.2, 0) is 14.8 Å². The zero-order valence-electron chi connectivity index (χ0n) is 11.9. The molecule has 2 aliphatic carbocycles. The minimum atomic E-state index is -3.28. The fourth-order valence-corrected chi connectivity index (χ4v) is 5.10. The van der Waals surface area contributed by atoms with E-state index in [0.717, 1.165) is 51.5 Å². The first kappa shape index (κ1) is 14.3. The molecule has 3 rings (SSSR count). The molecule has 1 aliphatic heterocycles. The second-order valence-corrected chi connectivity index (χ2v) is 8.46. The van der Waals surface area contributed by atoms with Crippen molar-refractivity contribution < 1.29 is 13.2 Å². The Kier molecular flexibility index (Phi) is 4.04. The lowest BCUT2D eigenvalue weighted by Crippen LogP contribution is -2.50. The van der Waals surface area contributed by atoms with Crippen LogP contribution in [0.4, 0.5) is 0 Å². The predicted molar refractivity (Wildman–Crippen MR) is 76.6 cm³/mol. The maximum Gasteiger partial charge on any atom is 0.225 e. The second kappa shape index (κ2) is 5.64. The first-order valence-corrected chi connectivity index (χ1v) is 9.41. The fourth-order valence-electron chi connectivity index (χ4n) is 3.35. The van der Waals surface area contributed by atoms with Crippen LogP contribution in [-0.4, -0.2) is 43.6 Å². The molecule has 0 aromatic carbocycles. The molecule has 0 radical (unpaired) electrons. The van der Waals surface area contributed by atoms with Gasteiger partial charge in [0.05, 0.1) is 5.25 Å². The summed E-state index contributed by atoms with van der Waals surface area (Å²) in [6.45, 7) is 1.11. The van der Waals surface area contributed by atoms with Gasteiger partial charge in [0.1, 0.15) is 0 Å². The van der Waals surface area contributed by atoms with Crippen molar-refractivity contribution in [3.63, 3.8) is 0 Å². The van der Waals surface area contributed by atoms with Crippen molar-refractivity contribution in [2.75, 3.05) is 13.1 Å². The minimum Gasteiger partial charge on any atom is -0.341 e. The molecule has 1 N–H and O–H groups in total. The van der Waals surface area contributed by atoms with Gasteiger partial charge in [-0.05, 0) is 38.5 Å². The predicted octanol–water partition coefficient (Wildman–Crippen LogP) is 1.25. The quantitative estimate of drug-likeness (QED) is 0.849. The lowest BCUT2D eigenvalue weighted by molar-refractivity contribution is -0.133. The van der Waals surface area contributed by atoms with E-state index in [1.807, 2.05) is 0 Å². The van der Waals surface area contributed by atoms with Crippen molar-refractivity contribution in [3.8, 4) is 0 Å². The summed E-state index contributed by atoms with van der Waals surface area (Å²) >= 11 is 0. The highest BCUT2D eigenvalue weighted by Gasteiger charge is 2.39. The van der Waals surface area contributed by atoms with Gasteiger partial charge in [-0.15, -0.1) is 0 Å². The van der Waals surface area contributed by atoms with Crippen LogP contribution in [0.5, 0.6) is 0 Å². The number of hydrogen-bond acceptors (Lipinski definition) is 3. The van der Waals surface area contributed by atoms with Gasteiger partial charge in [-0.1, -0.05) is 12.8 Å². The molecule has 114 valence electrons. The number of carbonyl (C=O) groups is 1. The van der Waals surface area contributed by atoms with E-state index in [-0.39, 0.29) is 17.9 Å². The van der Waals surface area contributed by atoms with Crippen molar-refractivity contribution in [2.24, 2.45) is 5.92 Å². The Labute approximate surface area is 121 Å². The average Bonchev–Trinajstić information content (AvgIpc) is 3.17. The molecule has 0 bridgehead atoms.